The summed E-state index contributed by atoms with van der Waals surface area (Å²) in [7, 11) is 1.28. The van der Waals surface area contributed by atoms with Crippen molar-refractivity contribution in [1.29, 1.82) is 0 Å². The van der Waals surface area contributed by atoms with Gasteiger partial charge in [0.2, 0.25) is 0 Å². The third-order valence-corrected chi connectivity index (χ3v) is 3.71. The molecule has 25 heavy (non-hydrogen) atoms. The van der Waals surface area contributed by atoms with Gasteiger partial charge in [0.25, 0.3) is 0 Å². The zero-order valence-electron chi connectivity index (χ0n) is 15.5. The normalized spacial score (nSPS) is 12.6. The molecule has 140 valence electrons. The standard InChI is InChI=1S/C18H26BrNO5/c1-12(2)15(16(21)23-6)20(17(22)25-18(3,4)5)24-11-13-7-9-14(19)10-8-13/h7-10,12,15H,11H2,1-6H3. The lowest BCUT2D eigenvalue weighted by atomic mass is 10.0. The van der Waals surface area contributed by atoms with Crippen LogP contribution in [0.3, 0.4) is 0 Å². The van der Waals surface area contributed by atoms with E-state index in [4.69, 9.17) is 14.3 Å². The van der Waals surface area contributed by atoms with Gasteiger partial charge in [-0.3, -0.25) is 4.84 Å². The Hall–Kier alpha value is -1.60. The summed E-state index contributed by atoms with van der Waals surface area (Å²) in [4.78, 5) is 30.4. The highest BCUT2D eigenvalue weighted by atomic mass is 79.9. The lowest BCUT2D eigenvalue weighted by molar-refractivity contribution is -0.200. The van der Waals surface area contributed by atoms with Gasteiger partial charge in [0.15, 0.2) is 6.04 Å². The van der Waals surface area contributed by atoms with Gasteiger partial charge in [-0.05, 0) is 44.4 Å². The van der Waals surface area contributed by atoms with E-state index in [2.05, 4.69) is 15.9 Å². The number of carbonyl (C=O) groups excluding carboxylic acids is 2. The Morgan fingerprint density at radius 3 is 2.16 bits per heavy atom. The fourth-order valence-corrected chi connectivity index (χ4v) is 2.30. The second kappa shape index (κ2) is 9.20. The predicted octanol–water partition coefficient (Wildman–Crippen LogP) is 4.32. The molecule has 6 nitrogen and oxygen atoms in total. The molecule has 0 spiro atoms. The topological polar surface area (TPSA) is 65.1 Å². The maximum Gasteiger partial charge on any atom is 0.435 e. The number of rotatable bonds is 6. The number of esters is 1. The number of hydroxylamine groups is 2. The highest BCUT2D eigenvalue weighted by molar-refractivity contribution is 9.10. The van der Waals surface area contributed by atoms with E-state index in [1.807, 2.05) is 38.1 Å². The van der Waals surface area contributed by atoms with E-state index in [1.54, 1.807) is 20.8 Å². The number of amides is 1. The van der Waals surface area contributed by atoms with Gasteiger partial charge in [0, 0.05) is 4.47 Å². The van der Waals surface area contributed by atoms with Crippen molar-refractivity contribution in [2.75, 3.05) is 7.11 Å². The molecule has 0 saturated heterocycles. The monoisotopic (exact) mass is 415 g/mol. The first-order chi connectivity index (χ1) is 11.5. The quantitative estimate of drug-likeness (QED) is 0.511. The molecule has 0 saturated carbocycles. The van der Waals surface area contributed by atoms with Crippen molar-refractivity contribution < 1.29 is 23.9 Å². The number of nitrogens with zero attached hydrogens (tertiary/aromatic N) is 1. The van der Waals surface area contributed by atoms with Crippen LogP contribution in [0.2, 0.25) is 0 Å². The molecule has 0 aliphatic heterocycles. The molecule has 0 aliphatic carbocycles. The van der Waals surface area contributed by atoms with Crippen molar-refractivity contribution in [2.45, 2.75) is 52.9 Å². The number of hydrogen-bond donors (Lipinski definition) is 0. The van der Waals surface area contributed by atoms with Crippen LogP contribution >= 0.6 is 15.9 Å². The third kappa shape index (κ3) is 7.04. The van der Waals surface area contributed by atoms with Crippen LogP contribution in [0.15, 0.2) is 28.7 Å². The molecule has 0 heterocycles. The van der Waals surface area contributed by atoms with Gasteiger partial charge in [0.1, 0.15) is 12.2 Å². The molecular formula is C18H26BrNO5. The minimum absolute atomic E-state index is 0.118. The van der Waals surface area contributed by atoms with Crippen LogP contribution in [0.4, 0.5) is 4.79 Å². The molecule has 1 unspecified atom stereocenters. The molecular weight excluding hydrogens is 390 g/mol. The SMILES string of the molecule is COC(=O)C(C(C)C)N(OCc1ccc(Br)cc1)C(=O)OC(C)(C)C. The van der Waals surface area contributed by atoms with Crippen LogP contribution in [0.1, 0.15) is 40.2 Å². The number of benzene rings is 1. The molecule has 1 aromatic rings. The average Bonchev–Trinajstić information content (AvgIpc) is 2.50. The number of halogens is 1. The number of ether oxygens (including phenoxy) is 2. The molecule has 1 rings (SSSR count). The molecule has 1 amide bonds. The molecule has 0 aromatic heterocycles. The Balaban J connectivity index is 3.02. The van der Waals surface area contributed by atoms with Crippen molar-refractivity contribution >= 4 is 28.0 Å². The van der Waals surface area contributed by atoms with Gasteiger partial charge in [-0.25, -0.2) is 9.59 Å². The summed E-state index contributed by atoms with van der Waals surface area (Å²) in [6, 6.07) is 6.56. The molecule has 1 aromatic carbocycles. The predicted molar refractivity (Wildman–Crippen MR) is 97.6 cm³/mol. The molecule has 0 N–H and O–H groups in total. The third-order valence-electron chi connectivity index (χ3n) is 3.18. The van der Waals surface area contributed by atoms with Crippen LogP contribution in [0.5, 0.6) is 0 Å². The van der Waals surface area contributed by atoms with E-state index >= 15 is 0 Å². The summed E-state index contributed by atoms with van der Waals surface area (Å²) in [6.45, 7) is 8.98. The van der Waals surface area contributed by atoms with E-state index in [9.17, 15) is 9.59 Å². The Labute approximate surface area is 157 Å². The van der Waals surface area contributed by atoms with Gasteiger partial charge < -0.3 is 9.47 Å². The summed E-state index contributed by atoms with van der Waals surface area (Å²) in [5.41, 5.74) is 0.137. The number of carbonyl (C=O) groups is 2. The lowest BCUT2D eigenvalue weighted by Crippen LogP contribution is -2.50. The molecule has 0 radical (unpaired) electrons. The molecule has 0 fully saturated rings. The highest BCUT2D eigenvalue weighted by Crippen LogP contribution is 2.20. The summed E-state index contributed by atoms with van der Waals surface area (Å²) >= 11 is 3.37. The number of methoxy groups -OCH3 is 1. The van der Waals surface area contributed by atoms with Crippen LogP contribution in [0.25, 0.3) is 0 Å². The van der Waals surface area contributed by atoms with Gasteiger partial charge in [-0.2, -0.15) is 5.06 Å². The largest absolute Gasteiger partial charge is 0.467 e. The molecule has 0 bridgehead atoms. The van der Waals surface area contributed by atoms with E-state index in [0.29, 0.717) is 0 Å². The van der Waals surface area contributed by atoms with Crippen LogP contribution in [-0.4, -0.2) is 35.9 Å². The smallest absolute Gasteiger partial charge is 0.435 e. The van der Waals surface area contributed by atoms with Crippen molar-refractivity contribution in [2.24, 2.45) is 5.92 Å². The Morgan fingerprint density at radius 1 is 1.16 bits per heavy atom. The summed E-state index contributed by atoms with van der Waals surface area (Å²) in [5.74, 6) is -0.776. The van der Waals surface area contributed by atoms with E-state index in [0.717, 1.165) is 15.1 Å². The van der Waals surface area contributed by atoms with Crippen molar-refractivity contribution in [3.05, 3.63) is 34.3 Å². The second-order valence-electron chi connectivity index (χ2n) is 6.92. The molecule has 0 aliphatic rings. The summed E-state index contributed by atoms with van der Waals surface area (Å²) in [6.07, 6.45) is -0.728. The second-order valence-corrected chi connectivity index (χ2v) is 7.83. The van der Waals surface area contributed by atoms with Gasteiger partial charge in [-0.1, -0.05) is 41.9 Å². The van der Waals surface area contributed by atoms with Crippen molar-refractivity contribution in [3.8, 4) is 0 Å². The maximum absolute atomic E-state index is 12.6. The van der Waals surface area contributed by atoms with Gasteiger partial charge >= 0.3 is 12.1 Å². The van der Waals surface area contributed by atoms with E-state index in [-0.39, 0.29) is 12.5 Å². The van der Waals surface area contributed by atoms with Crippen LogP contribution < -0.4 is 0 Å². The zero-order chi connectivity index (χ0) is 19.2. The summed E-state index contributed by atoms with van der Waals surface area (Å²) in [5, 5.41) is 0.976. The Kier molecular flexibility index (Phi) is 7.89. The summed E-state index contributed by atoms with van der Waals surface area (Å²) < 4.78 is 11.1. The number of hydrogen-bond acceptors (Lipinski definition) is 5. The van der Waals surface area contributed by atoms with E-state index < -0.39 is 23.7 Å². The maximum atomic E-state index is 12.6. The minimum Gasteiger partial charge on any atom is -0.467 e. The molecule has 1 atom stereocenters. The van der Waals surface area contributed by atoms with Crippen LogP contribution in [0, 0.1) is 5.92 Å². The fourth-order valence-electron chi connectivity index (χ4n) is 2.04. The first-order valence-electron chi connectivity index (χ1n) is 8.02. The Morgan fingerprint density at radius 2 is 1.72 bits per heavy atom. The lowest BCUT2D eigenvalue weighted by Gasteiger charge is -2.32. The zero-order valence-corrected chi connectivity index (χ0v) is 17.1. The minimum atomic E-state index is -0.907. The van der Waals surface area contributed by atoms with Crippen molar-refractivity contribution in [1.82, 2.24) is 5.06 Å². The van der Waals surface area contributed by atoms with Crippen LogP contribution in [-0.2, 0) is 25.7 Å². The molecule has 7 heteroatoms. The average molecular weight is 416 g/mol. The fraction of sp³-hybridized carbons (Fsp3) is 0.556. The first kappa shape index (κ1) is 21.4. The van der Waals surface area contributed by atoms with Crippen molar-refractivity contribution in [3.63, 3.8) is 0 Å². The van der Waals surface area contributed by atoms with Gasteiger partial charge in [-0.15, -0.1) is 0 Å². The first-order valence-corrected chi connectivity index (χ1v) is 8.82. The highest BCUT2D eigenvalue weighted by Gasteiger charge is 2.37. The Bertz CT molecular complexity index is 580. The van der Waals surface area contributed by atoms with Gasteiger partial charge in [0.05, 0.1) is 7.11 Å². The van der Waals surface area contributed by atoms with E-state index in [1.165, 1.54) is 7.11 Å².